The minimum absolute atomic E-state index is 0.00967. The fourth-order valence-corrected chi connectivity index (χ4v) is 4.97. The maximum Gasteiger partial charge on any atom is 0.334 e. The van der Waals surface area contributed by atoms with Gasteiger partial charge in [-0.05, 0) is 60.1 Å². The van der Waals surface area contributed by atoms with Gasteiger partial charge in [0, 0.05) is 20.1 Å². The summed E-state index contributed by atoms with van der Waals surface area (Å²) in [6, 6.07) is 12.0. The first kappa shape index (κ1) is 26.6. The fourth-order valence-electron chi connectivity index (χ4n) is 4.97. The highest BCUT2D eigenvalue weighted by Gasteiger charge is 2.45. The van der Waals surface area contributed by atoms with Crippen LogP contribution in [0.5, 0.6) is 0 Å². The molecule has 0 bridgehead atoms. The highest BCUT2D eigenvalue weighted by molar-refractivity contribution is 5.89. The molecule has 2 aliphatic heterocycles. The molecule has 0 aliphatic carbocycles. The third-order valence-electron chi connectivity index (χ3n) is 7.01. The van der Waals surface area contributed by atoms with Crippen LogP contribution in [0.2, 0.25) is 0 Å². The maximum absolute atomic E-state index is 13.2. The van der Waals surface area contributed by atoms with Crippen molar-refractivity contribution in [1.82, 2.24) is 25.1 Å². The van der Waals surface area contributed by atoms with Crippen molar-refractivity contribution in [2.75, 3.05) is 33.2 Å². The number of aryl methyl sites for hydroxylation is 1. The first-order valence-corrected chi connectivity index (χ1v) is 12.8. The molecule has 0 radical (unpaired) electrons. The second kappa shape index (κ2) is 11.3. The number of hydrazine groups is 1. The van der Waals surface area contributed by atoms with Crippen LogP contribution in [0, 0.1) is 18.7 Å². The zero-order chi connectivity index (χ0) is 26.7. The van der Waals surface area contributed by atoms with Crippen molar-refractivity contribution in [3.63, 3.8) is 0 Å². The fraction of sp³-hybridized carbons (Fsp3) is 0.464. The Bertz CT molecular complexity index is 1150. The quantitative estimate of drug-likeness (QED) is 0.623. The Balaban J connectivity index is 1.44. The van der Waals surface area contributed by atoms with Gasteiger partial charge in [0.05, 0.1) is 13.1 Å². The van der Waals surface area contributed by atoms with E-state index in [1.165, 1.54) is 38.7 Å². The molecule has 2 aromatic carbocycles. The Morgan fingerprint density at radius 2 is 1.76 bits per heavy atom. The Morgan fingerprint density at radius 3 is 2.46 bits per heavy atom. The number of hydrogen-bond acceptors (Lipinski definition) is 4. The number of carbonyl (C=O) groups is 3. The molecule has 2 heterocycles. The second-order valence-corrected chi connectivity index (χ2v) is 10.4. The number of benzene rings is 2. The van der Waals surface area contributed by atoms with Crippen LogP contribution in [-0.4, -0.2) is 77.1 Å². The first-order chi connectivity index (χ1) is 17.6. The first-order valence-electron chi connectivity index (χ1n) is 12.8. The molecule has 198 valence electrons. The predicted octanol–water partition coefficient (Wildman–Crippen LogP) is 2.94. The predicted molar refractivity (Wildman–Crippen MR) is 139 cm³/mol. The molecule has 4 amide bonds. The molecule has 0 spiro atoms. The summed E-state index contributed by atoms with van der Waals surface area (Å²) in [5, 5.41) is 5.96. The monoisotopic (exact) mass is 509 g/mol. The van der Waals surface area contributed by atoms with Crippen LogP contribution in [0.1, 0.15) is 36.1 Å². The highest BCUT2D eigenvalue weighted by Crippen LogP contribution is 2.23. The van der Waals surface area contributed by atoms with E-state index in [-0.39, 0.29) is 49.8 Å². The number of fused-ring (bicyclic) bond motifs is 1. The molecular weight excluding hydrogens is 473 g/mol. The number of rotatable bonds is 7. The average molecular weight is 510 g/mol. The topological polar surface area (TPSA) is 76.2 Å². The number of amides is 4. The highest BCUT2D eigenvalue weighted by atomic mass is 19.1. The Morgan fingerprint density at radius 1 is 1.05 bits per heavy atom. The normalized spacial score (nSPS) is 18.4. The smallest absolute Gasteiger partial charge is 0.334 e. The van der Waals surface area contributed by atoms with Gasteiger partial charge in [0.2, 0.25) is 11.8 Å². The van der Waals surface area contributed by atoms with E-state index in [0.29, 0.717) is 18.9 Å². The summed E-state index contributed by atoms with van der Waals surface area (Å²) in [6.07, 6.45) is 1.12. The zero-order valence-corrected chi connectivity index (χ0v) is 22.0. The van der Waals surface area contributed by atoms with Crippen LogP contribution < -0.4 is 5.32 Å². The van der Waals surface area contributed by atoms with Crippen molar-refractivity contribution in [2.45, 2.75) is 46.3 Å². The third-order valence-corrected chi connectivity index (χ3v) is 7.01. The zero-order valence-electron chi connectivity index (χ0n) is 22.0. The van der Waals surface area contributed by atoms with Crippen molar-refractivity contribution >= 4 is 17.8 Å². The summed E-state index contributed by atoms with van der Waals surface area (Å²) >= 11 is 0. The van der Waals surface area contributed by atoms with Crippen LogP contribution in [0.4, 0.5) is 9.18 Å². The Hall–Kier alpha value is -3.46. The van der Waals surface area contributed by atoms with Gasteiger partial charge in [0.25, 0.3) is 0 Å². The van der Waals surface area contributed by atoms with Crippen molar-refractivity contribution in [1.29, 1.82) is 0 Å². The van der Waals surface area contributed by atoms with Crippen LogP contribution in [0.25, 0.3) is 0 Å². The number of nitrogens with one attached hydrogen (secondary N) is 1. The van der Waals surface area contributed by atoms with E-state index >= 15 is 0 Å². The minimum atomic E-state index is -0.591. The van der Waals surface area contributed by atoms with E-state index in [1.54, 1.807) is 29.1 Å². The number of piperazine rings is 1. The number of hydrogen-bond donors (Lipinski definition) is 1. The molecule has 2 saturated heterocycles. The van der Waals surface area contributed by atoms with Gasteiger partial charge in [-0.2, -0.15) is 0 Å². The van der Waals surface area contributed by atoms with Crippen LogP contribution in [0.15, 0.2) is 42.5 Å². The van der Waals surface area contributed by atoms with Crippen LogP contribution in [-0.2, 0) is 29.0 Å². The summed E-state index contributed by atoms with van der Waals surface area (Å²) in [7, 11) is 1.69. The molecule has 1 N–H and O–H groups in total. The Labute approximate surface area is 218 Å². The van der Waals surface area contributed by atoms with Gasteiger partial charge < -0.3 is 15.1 Å². The molecule has 8 nitrogen and oxygen atoms in total. The lowest BCUT2D eigenvalue weighted by Gasteiger charge is -2.51. The summed E-state index contributed by atoms with van der Waals surface area (Å²) in [6.45, 7) is 7.46. The largest absolute Gasteiger partial charge is 0.337 e. The molecule has 2 fully saturated rings. The van der Waals surface area contributed by atoms with E-state index in [9.17, 15) is 18.8 Å². The molecule has 1 unspecified atom stereocenters. The Kier molecular flexibility index (Phi) is 8.12. The molecule has 37 heavy (non-hydrogen) atoms. The molecule has 1 atom stereocenters. The van der Waals surface area contributed by atoms with E-state index in [2.05, 4.69) is 44.3 Å². The van der Waals surface area contributed by atoms with E-state index in [1.807, 2.05) is 0 Å². The summed E-state index contributed by atoms with van der Waals surface area (Å²) in [4.78, 5) is 42.1. The second-order valence-electron chi connectivity index (χ2n) is 10.4. The lowest BCUT2D eigenvalue weighted by atomic mass is 9.96. The van der Waals surface area contributed by atoms with Gasteiger partial charge >= 0.3 is 6.03 Å². The van der Waals surface area contributed by atoms with E-state index in [0.717, 1.165) is 12.0 Å². The minimum Gasteiger partial charge on any atom is -0.337 e. The number of halogens is 1. The summed E-state index contributed by atoms with van der Waals surface area (Å²) < 4.78 is 13.2. The van der Waals surface area contributed by atoms with Crippen molar-refractivity contribution in [2.24, 2.45) is 5.92 Å². The molecule has 2 aromatic rings. The number of likely N-dealkylation sites (N-methyl/N-ethyl adjacent to an activating group) is 1. The standard InChI is InChI=1S/C28H36FN5O3/c1-19(2)13-23-14-21(6-5-20(23)3)11-12-32-16-25-33(18-26(32)35)27(36)17-31(4)34(25)28(37)30-15-22-7-9-24(29)10-8-22/h5-10,14,19,25H,11-13,15-18H2,1-4H3,(H,30,37). The number of carbonyl (C=O) groups excluding carboxylic acids is 3. The van der Waals surface area contributed by atoms with Crippen molar-refractivity contribution < 1.29 is 18.8 Å². The van der Waals surface area contributed by atoms with Gasteiger partial charge in [-0.1, -0.05) is 44.2 Å². The van der Waals surface area contributed by atoms with Gasteiger partial charge in [-0.25, -0.2) is 19.2 Å². The molecule has 4 rings (SSSR count). The van der Waals surface area contributed by atoms with E-state index in [4.69, 9.17) is 0 Å². The molecule has 9 heteroatoms. The van der Waals surface area contributed by atoms with Crippen molar-refractivity contribution in [3.8, 4) is 0 Å². The van der Waals surface area contributed by atoms with Gasteiger partial charge in [-0.3, -0.25) is 9.59 Å². The average Bonchev–Trinajstić information content (AvgIpc) is 2.84. The molecule has 0 saturated carbocycles. The third kappa shape index (κ3) is 6.28. The van der Waals surface area contributed by atoms with Crippen LogP contribution in [0.3, 0.4) is 0 Å². The van der Waals surface area contributed by atoms with Gasteiger partial charge in [0.1, 0.15) is 18.5 Å². The number of urea groups is 1. The molecular formula is C28H36FN5O3. The summed E-state index contributed by atoms with van der Waals surface area (Å²) in [5.41, 5.74) is 4.53. The van der Waals surface area contributed by atoms with Gasteiger partial charge in [-0.15, -0.1) is 0 Å². The molecule has 2 aliphatic rings. The van der Waals surface area contributed by atoms with E-state index < -0.39 is 6.17 Å². The molecule has 0 aromatic heterocycles. The number of nitrogens with zero attached hydrogens (tertiary/aromatic N) is 4. The maximum atomic E-state index is 13.2. The lowest BCUT2D eigenvalue weighted by Crippen LogP contribution is -2.73. The lowest BCUT2D eigenvalue weighted by molar-refractivity contribution is -0.178. The SMILES string of the molecule is Cc1ccc(CCN2CC3N(CC2=O)C(=O)CN(C)N3C(=O)NCc2ccc(F)cc2)cc1CC(C)C. The summed E-state index contributed by atoms with van der Waals surface area (Å²) in [5.74, 6) is -0.0753. The van der Waals surface area contributed by atoms with Gasteiger partial charge in [0.15, 0.2) is 0 Å². The van der Waals surface area contributed by atoms with Crippen LogP contribution >= 0.6 is 0 Å². The van der Waals surface area contributed by atoms with Crippen molar-refractivity contribution in [3.05, 3.63) is 70.5 Å².